The molecule has 9 heteroatoms. The summed E-state index contributed by atoms with van der Waals surface area (Å²) < 4.78 is 13.1. The summed E-state index contributed by atoms with van der Waals surface area (Å²) in [4.78, 5) is 37.1. The molecule has 1 atom stereocenters. The number of aryl methyl sites for hydroxylation is 1. The highest BCUT2D eigenvalue weighted by atomic mass is 35.5. The molecular weight excluding hydrogens is 576 g/mol. The molecule has 0 bridgehead atoms. The van der Waals surface area contributed by atoms with Crippen LogP contribution in [0.4, 0.5) is 15.8 Å². The molecule has 0 saturated carbocycles. The Hall–Kier alpha value is -3.68. The van der Waals surface area contributed by atoms with Crippen molar-refractivity contribution < 1.29 is 18.8 Å². The number of carbonyl (C=O) groups excluding carboxylic acids is 3. The Balaban J connectivity index is 1.14. The molecule has 0 heterocycles. The van der Waals surface area contributed by atoms with Gasteiger partial charge in [-0.05, 0) is 90.4 Å². The first-order valence-electron chi connectivity index (χ1n) is 14.1. The summed E-state index contributed by atoms with van der Waals surface area (Å²) in [7, 11) is 0. The highest BCUT2D eigenvalue weighted by molar-refractivity contribution is 6.34. The second-order valence-electron chi connectivity index (χ2n) is 10.6. The Morgan fingerprint density at radius 1 is 0.905 bits per heavy atom. The van der Waals surface area contributed by atoms with E-state index in [0.29, 0.717) is 35.0 Å². The number of nitrogens with two attached hydrogens (primary N) is 1. The quantitative estimate of drug-likeness (QED) is 0.105. The van der Waals surface area contributed by atoms with Gasteiger partial charge in [0.15, 0.2) is 5.78 Å². The molecule has 4 N–H and O–H groups in total. The zero-order valence-electron chi connectivity index (χ0n) is 23.2. The van der Waals surface area contributed by atoms with Crippen LogP contribution in [0.3, 0.4) is 0 Å². The number of halogens is 3. The number of fused-ring (bicyclic) bond motifs is 1. The Morgan fingerprint density at radius 3 is 2.33 bits per heavy atom. The first-order chi connectivity index (χ1) is 20.2. The number of unbranched alkanes of at least 4 members (excludes halogenated alkanes) is 3. The molecule has 1 aliphatic rings. The van der Waals surface area contributed by atoms with Gasteiger partial charge in [0, 0.05) is 29.3 Å². The summed E-state index contributed by atoms with van der Waals surface area (Å²) in [6.45, 7) is 0. The molecule has 1 unspecified atom stereocenters. The highest BCUT2D eigenvalue weighted by Gasteiger charge is 2.23. The lowest BCUT2D eigenvalue weighted by Crippen LogP contribution is -2.26. The molecule has 3 aromatic carbocycles. The molecule has 1 aliphatic carbocycles. The third kappa shape index (κ3) is 9.43. The van der Waals surface area contributed by atoms with Crippen LogP contribution >= 0.6 is 23.2 Å². The number of nitrogen functional groups attached to an aromatic ring is 1. The lowest BCUT2D eigenvalue weighted by Gasteiger charge is -2.14. The van der Waals surface area contributed by atoms with Crippen LogP contribution in [0, 0.1) is 5.82 Å². The lowest BCUT2D eigenvalue weighted by molar-refractivity contribution is -0.122. The van der Waals surface area contributed by atoms with Crippen molar-refractivity contribution in [3.05, 3.63) is 98.8 Å². The van der Waals surface area contributed by atoms with E-state index in [1.807, 2.05) is 18.2 Å². The van der Waals surface area contributed by atoms with Crippen LogP contribution in [-0.2, 0) is 27.2 Å². The maximum Gasteiger partial charge on any atom is 0.224 e. The van der Waals surface area contributed by atoms with Crippen LogP contribution < -0.4 is 16.4 Å². The second-order valence-corrected chi connectivity index (χ2v) is 11.4. The molecule has 3 aromatic rings. The van der Waals surface area contributed by atoms with Crippen LogP contribution in [0.2, 0.25) is 10.0 Å². The third-order valence-electron chi connectivity index (χ3n) is 7.19. The number of ketones is 1. The topological polar surface area (TPSA) is 101 Å². The van der Waals surface area contributed by atoms with E-state index in [4.69, 9.17) is 28.9 Å². The van der Waals surface area contributed by atoms with Crippen molar-refractivity contribution >= 4 is 58.3 Å². The zero-order chi connectivity index (χ0) is 30.1. The first-order valence-corrected chi connectivity index (χ1v) is 14.8. The van der Waals surface area contributed by atoms with E-state index in [2.05, 4.69) is 16.7 Å². The van der Waals surface area contributed by atoms with Crippen molar-refractivity contribution in [2.75, 3.05) is 11.1 Å². The van der Waals surface area contributed by atoms with Gasteiger partial charge in [-0.25, -0.2) is 4.39 Å². The third-order valence-corrected chi connectivity index (χ3v) is 7.62. The monoisotopic (exact) mass is 609 g/mol. The first kappa shape index (κ1) is 31.3. The van der Waals surface area contributed by atoms with Crippen LogP contribution in [0.1, 0.15) is 73.2 Å². The van der Waals surface area contributed by atoms with Crippen LogP contribution in [0.5, 0.6) is 0 Å². The lowest BCUT2D eigenvalue weighted by atomic mass is 10.0. The summed E-state index contributed by atoms with van der Waals surface area (Å²) in [5.74, 6) is -0.638. The minimum absolute atomic E-state index is 0.0117. The van der Waals surface area contributed by atoms with Crippen molar-refractivity contribution in [2.45, 2.75) is 63.8 Å². The normalized spacial score (nSPS) is 14.1. The smallest absolute Gasteiger partial charge is 0.224 e. The molecule has 0 saturated heterocycles. The number of nitrogens with one attached hydrogen (secondary N) is 2. The van der Waals surface area contributed by atoms with Crippen molar-refractivity contribution in [1.82, 2.24) is 5.32 Å². The van der Waals surface area contributed by atoms with E-state index in [1.165, 1.54) is 23.8 Å². The van der Waals surface area contributed by atoms with Gasteiger partial charge in [-0.15, -0.1) is 0 Å². The van der Waals surface area contributed by atoms with Gasteiger partial charge in [-0.3, -0.25) is 14.4 Å². The fourth-order valence-corrected chi connectivity index (χ4v) is 5.68. The molecule has 42 heavy (non-hydrogen) atoms. The Labute approximate surface area is 255 Å². The van der Waals surface area contributed by atoms with Gasteiger partial charge in [0.1, 0.15) is 5.82 Å². The van der Waals surface area contributed by atoms with E-state index in [0.717, 1.165) is 48.8 Å². The summed E-state index contributed by atoms with van der Waals surface area (Å²) >= 11 is 12.0. The van der Waals surface area contributed by atoms with Crippen molar-refractivity contribution in [3.63, 3.8) is 0 Å². The minimum atomic E-state index is -0.448. The number of allylic oxidation sites excluding steroid dienone is 1. The summed E-state index contributed by atoms with van der Waals surface area (Å²) in [5, 5.41) is 6.86. The van der Waals surface area contributed by atoms with Crippen molar-refractivity contribution in [3.8, 4) is 0 Å². The number of amides is 2. The van der Waals surface area contributed by atoms with Gasteiger partial charge in [-0.2, -0.15) is 0 Å². The molecule has 0 radical (unpaired) electrons. The highest BCUT2D eigenvalue weighted by Crippen LogP contribution is 2.32. The average molecular weight is 611 g/mol. The van der Waals surface area contributed by atoms with Gasteiger partial charge in [0.2, 0.25) is 11.8 Å². The van der Waals surface area contributed by atoms with Gasteiger partial charge in [0.05, 0.1) is 17.4 Å². The fraction of sp³-hybridized carbons (Fsp3) is 0.303. The Morgan fingerprint density at radius 2 is 1.62 bits per heavy atom. The number of rotatable bonds is 13. The molecule has 220 valence electrons. The van der Waals surface area contributed by atoms with Crippen molar-refractivity contribution in [1.29, 1.82) is 0 Å². The predicted octanol–water partition coefficient (Wildman–Crippen LogP) is 7.62. The maximum absolute atomic E-state index is 13.1. The number of benzene rings is 3. The molecule has 2 amide bonds. The summed E-state index contributed by atoms with van der Waals surface area (Å²) in [5.41, 5.74) is 10.3. The number of hydrogen-bond acceptors (Lipinski definition) is 4. The maximum atomic E-state index is 13.1. The molecule has 0 fully saturated rings. The van der Waals surface area contributed by atoms with E-state index in [9.17, 15) is 18.8 Å². The van der Waals surface area contributed by atoms with Crippen LogP contribution in [-0.4, -0.2) is 17.6 Å². The van der Waals surface area contributed by atoms with Gasteiger partial charge < -0.3 is 16.4 Å². The molecule has 0 spiro atoms. The van der Waals surface area contributed by atoms with Gasteiger partial charge in [-0.1, -0.05) is 60.3 Å². The van der Waals surface area contributed by atoms with Crippen LogP contribution in [0.15, 0.2) is 60.7 Å². The van der Waals surface area contributed by atoms with Crippen molar-refractivity contribution in [2.24, 2.45) is 0 Å². The molecule has 6 nitrogen and oxygen atoms in total. The number of hydrogen-bond donors (Lipinski definition) is 3. The fourth-order valence-electron chi connectivity index (χ4n) is 5.10. The second kappa shape index (κ2) is 15.0. The standard InChI is InChI=1S/C33H34Cl2FN3O3/c34-24-16-22(17-25(35)19-24)18-27(40)11-7-21-8-12-28-23(15-21)9-13-30(28)38-32(41)5-3-1-2-4-6-33(42)39-31-14-10-26(36)20-29(31)37/h7-8,10-12,14-17,19-20,30H,1-6,9,13,18,37H2,(H,38,41)(H,39,42)/b11-7+. The van der Waals surface area contributed by atoms with Gasteiger partial charge >= 0.3 is 0 Å². The molecule has 4 rings (SSSR count). The number of carbonyl (C=O) groups is 3. The van der Waals surface area contributed by atoms with Gasteiger partial charge in [0.25, 0.3) is 0 Å². The summed E-state index contributed by atoms with van der Waals surface area (Å²) in [6, 6.07) is 15.0. The Bertz CT molecular complexity index is 1470. The average Bonchev–Trinajstić information content (AvgIpc) is 3.32. The number of anilines is 2. The molecule has 0 aliphatic heterocycles. The largest absolute Gasteiger partial charge is 0.397 e. The zero-order valence-corrected chi connectivity index (χ0v) is 24.7. The van der Waals surface area contributed by atoms with E-state index < -0.39 is 5.82 Å². The SMILES string of the molecule is Nc1cc(F)ccc1NC(=O)CCCCCCC(=O)NC1CCc2cc(/C=C/C(=O)Cc3cc(Cl)cc(Cl)c3)ccc21. The Kier molecular flexibility index (Phi) is 11.2. The van der Waals surface area contributed by atoms with E-state index in [1.54, 1.807) is 24.3 Å². The summed E-state index contributed by atoms with van der Waals surface area (Å²) in [6.07, 6.45) is 9.20. The molecular formula is C33H34Cl2FN3O3. The molecule has 0 aromatic heterocycles. The van der Waals surface area contributed by atoms with Crippen LogP contribution in [0.25, 0.3) is 6.08 Å². The van der Waals surface area contributed by atoms with E-state index in [-0.39, 0.29) is 35.7 Å². The van der Waals surface area contributed by atoms with E-state index >= 15 is 0 Å². The predicted molar refractivity (Wildman–Crippen MR) is 167 cm³/mol. The minimum Gasteiger partial charge on any atom is -0.397 e.